The third-order valence-electron chi connectivity index (χ3n) is 3.56. The minimum absolute atomic E-state index is 0.163. The summed E-state index contributed by atoms with van der Waals surface area (Å²) in [6.07, 6.45) is -0.447. The zero-order valence-electron chi connectivity index (χ0n) is 11.9. The fraction of sp³-hybridized carbons (Fsp3) is 0.467. The fourth-order valence-electron chi connectivity index (χ4n) is 2.53. The van der Waals surface area contributed by atoms with Gasteiger partial charge in [0.05, 0.1) is 18.6 Å². The molecule has 1 unspecified atom stereocenters. The third-order valence-corrected chi connectivity index (χ3v) is 3.56. The largest absolute Gasteiger partial charge is 0.481 e. The van der Waals surface area contributed by atoms with E-state index in [1.165, 1.54) is 7.11 Å². The highest BCUT2D eigenvalue weighted by atomic mass is 16.5. The number of aliphatic carboxylic acids is 1. The van der Waals surface area contributed by atoms with Crippen molar-refractivity contribution in [2.75, 3.05) is 20.3 Å². The maximum Gasteiger partial charge on any atom is 0.305 e. The van der Waals surface area contributed by atoms with Crippen LogP contribution in [0.15, 0.2) is 30.3 Å². The van der Waals surface area contributed by atoms with Gasteiger partial charge in [0, 0.05) is 13.7 Å². The number of ether oxygens (including phenoxy) is 2. The standard InChI is InChI=1S/C15H19NO5/c1-20-13(11-5-3-2-4-6-11)14(19)16-15(9-12(17)18)7-8-21-10-15/h2-6,13H,7-10H2,1H3,(H,16,19)(H,17,18)/t13-,15?/m1/s1. The Bertz CT molecular complexity index is 496. The second-order valence-corrected chi connectivity index (χ2v) is 5.17. The van der Waals surface area contributed by atoms with Gasteiger partial charge in [-0.2, -0.15) is 0 Å². The Morgan fingerprint density at radius 3 is 2.67 bits per heavy atom. The molecule has 2 atom stereocenters. The maximum atomic E-state index is 12.4. The van der Waals surface area contributed by atoms with Crippen LogP contribution in [0.4, 0.5) is 0 Å². The Balaban J connectivity index is 2.12. The second kappa shape index (κ2) is 6.69. The van der Waals surface area contributed by atoms with E-state index in [2.05, 4.69) is 5.32 Å². The van der Waals surface area contributed by atoms with Crippen LogP contribution in [0.25, 0.3) is 0 Å². The Hall–Kier alpha value is -1.92. The lowest BCUT2D eigenvalue weighted by atomic mass is 9.93. The lowest BCUT2D eigenvalue weighted by Crippen LogP contribution is -2.52. The number of rotatable bonds is 6. The molecule has 1 aliphatic rings. The molecule has 0 bridgehead atoms. The normalized spacial score (nSPS) is 22.7. The first-order valence-corrected chi connectivity index (χ1v) is 6.76. The second-order valence-electron chi connectivity index (χ2n) is 5.17. The van der Waals surface area contributed by atoms with E-state index in [4.69, 9.17) is 14.6 Å². The molecule has 2 rings (SSSR count). The number of methoxy groups -OCH3 is 1. The van der Waals surface area contributed by atoms with Gasteiger partial charge in [-0.3, -0.25) is 9.59 Å². The van der Waals surface area contributed by atoms with E-state index in [9.17, 15) is 9.59 Å². The molecule has 6 nitrogen and oxygen atoms in total. The molecule has 0 radical (unpaired) electrons. The summed E-state index contributed by atoms with van der Waals surface area (Å²) in [6.45, 7) is 0.646. The molecule has 1 heterocycles. The van der Waals surface area contributed by atoms with Crippen LogP contribution in [0.5, 0.6) is 0 Å². The van der Waals surface area contributed by atoms with Gasteiger partial charge in [-0.15, -0.1) is 0 Å². The predicted molar refractivity (Wildman–Crippen MR) is 74.8 cm³/mol. The fourth-order valence-corrected chi connectivity index (χ4v) is 2.53. The van der Waals surface area contributed by atoms with Crippen molar-refractivity contribution in [1.29, 1.82) is 0 Å². The maximum absolute atomic E-state index is 12.4. The quantitative estimate of drug-likeness (QED) is 0.821. The number of hydrogen-bond donors (Lipinski definition) is 2. The monoisotopic (exact) mass is 293 g/mol. The molecule has 1 fully saturated rings. The van der Waals surface area contributed by atoms with Crippen LogP contribution in [-0.2, 0) is 19.1 Å². The van der Waals surface area contributed by atoms with Gasteiger partial charge in [-0.05, 0) is 12.0 Å². The molecule has 0 saturated carbocycles. The van der Waals surface area contributed by atoms with Crippen LogP contribution in [0.2, 0.25) is 0 Å². The van der Waals surface area contributed by atoms with Gasteiger partial charge < -0.3 is 19.9 Å². The Morgan fingerprint density at radius 2 is 2.14 bits per heavy atom. The van der Waals surface area contributed by atoms with Gasteiger partial charge in [0.2, 0.25) is 0 Å². The van der Waals surface area contributed by atoms with Crippen molar-refractivity contribution >= 4 is 11.9 Å². The first-order valence-electron chi connectivity index (χ1n) is 6.76. The zero-order valence-corrected chi connectivity index (χ0v) is 11.9. The van der Waals surface area contributed by atoms with Crippen molar-refractivity contribution in [2.45, 2.75) is 24.5 Å². The van der Waals surface area contributed by atoms with E-state index < -0.39 is 17.6 Å². The molecule has 2 N–H and O–H groups in total. The summed E-state index contributed by atoms with van der Waals surface area (Å²) in [6, 6.07) is 9.08. The number of amides is 1. The Morgan fingerprint density at radius 1 is 1.43 bits per heavy atom. The van der Waals surface area contributed by atoms with E-state index in [0.717, 1.165) is 5.56 Å². The van der Waals surface area contributed by atoms with Gasteiger partial charge in [-0.25, -0.2) is 0 Å². The van der Waals surface area contributed by atoms with Crippen LogP contribution >= 0.6 is 0 Å². The molecular weight excluding hydrogens is 274 g/mol. The van der Waals surface area contributed by atoms with Gasteiger partial charge in [-0.1, -0.05) is 30.3 Å². The molecule has 1 aromatic rings. The molecular formula is C15H19NO5. The van der Waals surface area contributed by atoms with E-state index in [0.29, 0.717) is 13.0 Å². The minimum Gasteiger partial charge on any atom is -0.481 e. The number of carboxylic acid groups (broad SMARTS) is 1. The molecule has 1 aliphatic heterocycles. The number of carbonyl (C=O) groups excluding carboxylic acids is 1. The van der Waals surface area contributed by atoms with E-state index in [1.807, 2.05) is 18.2 Å². The van der Waals surface area contributed by atoms with E-state index in [1.54, 1.807) is 12.1 Å². The average molecular weight is 293 g/mol. The van der Waals surface area contributed by atoms with Crippen molar-refractivity contribution in [3.05, 3.63) is 35.9 Å². The van der Waals surface area contributed by atoms with Crippen LogP contribution in [-0.4, -0.2) is 42.8 Å². The molecule has 0 spiro atoms. The first kappa shape index (κ1) is 15.5. The first-order chi connectivity index (χ1) is 10.1. The SMILES string of the molecule is CO[C@@H](C(=O)NC1(CC(=O)O)CCOC1)c1ccccc1. The molecule has 6 heteroatoms. The van der Waals surface area contributed by atoms with Crippen molar-refractivity contribution in [1.82, 2.24) is 5.32 Å². The van der Waals surface area contributed by atoms with Crippen molar-refractivity contribution in [3.63, 3.8) is 0 Å². The van der Waals surface area contributed by atoms with Gasteiger partial charge in [0.1, 0.15) is 0 Å². The summed E-state index contributed by atoms with van der Waals surface area (Å²) in [5.74, 6) is -1.31. The molecule has 0 aliphatic carbocycles. The van der Waals surface area contributed by atoms with Crippen molar-refractivity contribution in [2.24, 2.45) is 0 Å². The minimum atomic E-state index is -0.963. The van der Waals surface area contributed by atoms with Gasteiger partial charge in [0.25, 0.3) is 5.91 Å². The number of benzene rings is 1. The molecule has 114 valence electrons. The third kappa shape index (κ3) is 3.80. The lowest BCUT2D eigenvalue weighted by Gasteiger charge is -2.29. The topological polar surface area (TPSA) is 84.9 Å². The molecule has 1 aromatic carbocycles. The van der Waals surface area contributed by atoms with E-state index >= 15 is 0 Å². The van der Waals surface area contributed by atoms with Crippen molar-refractivity contribution in [3.8, 4) is 0 Å². The molecule has 1 saturated heterocycles. The average Bonchev–Trinajstić information content (AvgIpc) is 2.88. The lowest BCUT2D eigenvalue weighted by molar-refractivity contribution is -0.140. The molecule has 0 aromatic heterocycles. The van der Waals surface area contributed by atoms with Crippen LogP contribution < -0.4 is 5.32 Å². The summed E-state index contributed by atoms with van der Waals surface area (Å²) < 4.78 is 10.5. The summed E-state index contributed by atoms with van der Waals surface area (Å²) >= 11 is 0. The van der Waals surface area contributed by atoms with Crippen LogP contribution in [0.1, 0.15) is 24.5 Å². The summed E-state index contributed by atoms with van der Waals surface area (Å²) in [5.41, 5.74) is -0.129. The van der Waals surface area contributed by atoms with Gasteiger partial charge in [0.15, 0.2) is 6.10 Å². The predicted octanol–water partition coefficient (Wildman–Crippen LogP) is 1.12. The van der Waals surface area contributed by atoms with Gasteiger partial charge >= 0.3 is 5.97 Å². The summed E-state index contributed by atoms with van der Waals surface area (Å²) in [5, 5.41) is 11.8. The van der Waals surface area contributed by atoms with Crippen LogP contribution in [0, 0.1) is 0 Å². The smallest absolute Gasteiger partial charge is 0.305 e. The molecule has 1 amide bonds. The van der Waals surface area contributed by atoms with Crippen LogP contribution in [0.3, 0.4) is 0 Å². The Labute approximate surface area is 123 Å². The Kier molecular flexibility index (Phi) is 4.93. The van der Waals surface area contributed by atoms with Crippen molar-refractivity contribution < 1.29 is 24.2 Å². The summed E-state index contributed by atoms with van der Waals surface area (Å²) in [7, 11) is 1.45. The molecule has 21 heavy (non-hydrogen) atoms. The highest BCUT2D eigenvalue weighted by Gasteiger charge is 2.40. The summed E-state index contributed by atoms with van der Waals surface area (Å²) in [4.78, 5) is 23.4. The number of carboxylic acids is 1. The highest BCUT2D eigenvalue weighted by Crippen LogP contribution is 2.25. The number of hydrogen-bond acceptors (Lipinski definition) is 4. The van der Waals surface area contributed by atoms with E-state index in [-0.39, 0.29) is 18.9 Å². The number of nitrogens with one attached hydrogen (secondary N) is 1. The zero-order chi connectivity index (χ0) is 15.3. The number of carbonyl (C=O) groups is 2. The highest BCUT2D eigenvalue weighted by molar-refractivity contribution is 5.83.